The van der Waals surface area contributed by atoms with E-state index in [0.717, 1.165) is 4.90 Å². The molecule has 1 aromatic heterocycles. The van der Waals surface area contributed by atoms with Gasteiger partial charge in [0.2, 0.25) is 0 Å². The van der Waals surface area contributed by atoms with Gasteiger partial charge in [-0.25, -0.2) is 9.69 Å². The number of carbonyl (C=O) groups excluding carboxylic acids is 3. The van der Waals surface area contributed by atoms with E-state index in [1.165, 1.54) is 4.57 Å². The van der Waals surface area contributed by atoms with Crippen LogP contribution in [0.4, 0.5) is 10.5 Å². The van der Waals surface area contributed by atoms with Gasteiger partial charge in [0.05, 0.1) is 22.3 Å². The van der Waals surface area contributed by atoms with Crippen molar-refractivity contribution >= 4 is 34.5 Å². The molecule has 27 heavy (non-hydrogen) atoms. The summed E-state index contributed by atoms with van der Waals surface area (Å²) < 4.78 is 6.80. The zero-order chi connectivity index (χ0) is 19.3. The smallest absolute Gasteiger partial charge is 0.418 e. The highest BCUT2D eigenvalue weighted by Gasteiger charge is 2.37. The number of hydrogen-bond donors (Lipinski definition) is 0. The molecule has 0 bridgehead atoms. The molecule has 0 N–H and O–H groups in total. The highest BCUT2D eigenvalue weighted by atomic mass is 16.6. The molecule has 0 radical (unpaired) electrons. The first-order chi connectivity index (χ1) is 12.8. The highest BCUT2D eigenvalue weighted by molar-refractivity contribution is 6.36. The van der Waals surface area contributed by atoms with Crippen LogP contribution in [-0.4, -0.2) is 28.1 Å². The second-order valence-electron chi connectivity index (χ2n) is 7.37. The van der Waals surface area contributed by atoms with Crippen molar-refractivity contribution in [2.24, 2.45) is 0 Å². The molecule has 1 aliphatic heterocycles. The molecule has 2 heterocycles. The van der Waals surface area contributed by atoms with E-state index >= 15 is 0 Å². The molecule has 0 spiro atoms. The van der Waals surface area contributed by atoms with Crippen LogP contribution in [0.5, 0.6) is 0 Å². The van der Waals surface area contributed by atoms with Crippen molar-refractivity contribution in [3.8, 4) is 0 Å². The number of anilines is 1. The number of benzene rings is 2. The Bertz CT molecular complexity index is 1070. The Morgan fingerprint density at radius 3 is 2.11 bits per heavy atom. The molecule has 2 amide bonds. The third kappa shape index (κ3) is 2.70. The van der Waals surface area contributed by atoms with E-state index in [1.54, 1.807) is 75.5 Å². The summed E-state index contributed by atoms with van der Waals surface area (Å²) >= 11 is 0. The molecule has 0 atom stereocenters. The number of ether oxygens (including phenoxy) is 1. The Hall–Kier alpha value is -3.41. The van der Waals surface area contributed by atoms with Crippen LogP contribution in [0.2, 0.25) is 0 Å². The number of amides is 2. The van der Waals surface area contributed by atoms with Crippen molar-refractivity contribution in [1.82, 2.24) is 4.57 Å². The lowest BCUT2D eigenvalue weighted by Gasteiger charge is -2.20. The summed E-state index contributed by atoms with van der Waals surface area (Å²) in [7, 11) is 0. The van der Waals surface area contributed by atoms with Crippen molar-refractivity contribution in [2.45, 2.75) is 26.4 Å². The summed E-state index contributed by atoms with van der Waals surface area (Å²) in [6.45, 7) is 5.38. The van der Waals surface area contributed by atoms with E-state index in [9.17, 15) is 14.4 Å². The van der Waals surface area contributed by atoms with E-state index in [2.05, 4.69) is 0 Å². The van der Waals surface area contributed by atoms with Crippen LogP contribution < -0.4 is 4.90 Å². The van der Waals surface area contributed by atoms with Crippen LogP contribution >= 0.6 is 0 Å². The van der Waals surface area contributed by atoms with Crippen LogP contribution in [-0.2, 0) is 4.74 Å². The molecule has 1 aliphatic rings. The van der Waals surface area contributed by atoms with Gasteiger partial charge in [0.25, 0.3) is 11.8 Å². The van der Waals surface area contributed by atoms with Gasteiger partial charge < -0.3 is 4.74 Å². The van der Waals surface area contributed by atoms with Crippen molar-refractivity contribution in [3.05, 3.63) is 65.9 Å². The number of nitrogens with zero attached hydrogens (tertiary/aromatic N) is 2. The fourth-order valence-corrected chi connectivity index (χ4v) is 3.22. The minimum absolute atomic E-state index is 0.367. The zero-order valence-corrected chi connectivity index (χ0v) is 15.2. The van der Waals surface area contributed by atoms with Gasteiger partial charge in [0.15, 0.2) is 0 Å². The summed E-state index contributed by atoms with van der Waals surface area (Å²) in [5.74, 6) is -0.735. The van der Waals surface area contributed by atoms with Gasteiger partial charge in [-0.2, -0.15) is 0 Å². The van der Waals surface area contributed by atoms with Crippen LogP contribution in [0.3, 0.4) is 0 Å². The van der Waals surface area contributed by atoms with Gasteiger partial charge in [-0.3, -0.25) is 14.2 Å². The fraction of sp³-hybridized carbons (Fsp3) is 0.190. The zero-order valence-electron chi connectivity index (χ0n) is 15.2. The van der Waals surface area contributed by atoms with E-state index in [-0.39, 0.29) is 11.8 Å². The molecular formula is C21H18N2O4. The molecule has 0 unspecified atom stereocenters. The Morgan fingerprint density at radius 1 is 0.889 bits per heavy atom. The first-order valence-corrected chi connectivity index (χ1v) is 8.59. The van der Waals surface area contributed by atoms with E-state index < -0.39 is 11.7 Å². The summed E-state index contributed by atoms with van der Waals surface area (Å²) in [4.78, 5) is 39.2. The summed E-state index contributed by atoms with van der Waals surface area (Å²) in [5.41, 5.74) is 1.14. The average molecular weight is 362 g/mol. The number of fused-ring (bicyclic) bond motifs is 2. The quantitative estimate of drug-likeness (QED) is 0.608. The van der Waals surface area contributed by atoms with Crippen LogP contribution in [0, 0.1) is 0 Å². The van der Waals surface area contributed by atoms with Crippen molar-refractivity contribution in [2.75, 3.05) is 4.90 Å². The minimum Gasteiger partial charge on any atom is -0.443 e. The predicted octanol–water partition coefficient (Wildman–Crippen LogP) is 4.23. The largest absolute Gasteiger partial charge is 0.443 e. The monoisotopic (exact) mass is 362 g/mol. The van der Waals surface area contributed by atoms with E-state index in [4.69, 9.17) is 4.74 Å². The van der Waals surface area contributed by atoms with Crippen molar-refractivity contribution in [1.29, 1.82) is 0 Å². The van der Waals surface area contributed by atoms with E-state index in [1.807, 2.05) is 0 Å². The number of rotatable bonds is 1. The topological polar surface area (TPSA) is 68.6 Å². The second-order valence-corrected chi connectivity index (χ2v) is 7.37. The normalized spacial score (nSPS) is 14.0. The molecule has 2 aromatic carbocycles. The van der Waals surface area contributed by atoms with Crippen LogP contribution in [0.1, 0.15) is 41.5 Å². The van der Waals surface area contributed by atoms with Gasteiger partial charge in [-0.1, -0.05) is 18.2 Å². The maximum absolute atomic E-state index is 12.8. The minimum atomic E-state index is -0.631. The number of aromatic nitrogens is 1. The van der Waals surface area contributed by atoms with Crippen LogP contribution in [0.15, 0.2) is 54.7 Å². The molecule has 0 saturated heterocycles. The molecule has 0 saturated carbocycles. The molecule has 6 nitrogen and oxygen atoms in total. The summed E-state index contributed by atoms with van der Waals surface area (Å²) in [5, 5.41) is 0.623. The Labute approximate surface area is 155 Å². The molecule has 6 heteroatoms. The first-order valence-electron chi connectivity index (χ1n) is 8.59. The highest BCUT2D eigenvalue weighted by Crippen LogP contribution is 2.34. The van der Waals surface area contributed by atoms with E-state index in [0.29, 0.717) is 27.7 Å². The van der Waals surface area contributed by atoms with Crippen molar-refractivity contribution in [3.63, 3.8) is 0 Å². The fourth-order valence-electron chi connectivity index (χ4n) is 3.22. The number of carbonyl (C=O) groups is 3. The SMILES string of the molecule is CC(C)(C)OC(=O)n1ccc2c(N3C(=O)c4ccccc4C3=O)cccc21. The second kappa shape index (κ2) is 5.81. The number of imide groups is 1. The molecule has 136 valence electrons. The molecule has 0 fully saturated rings. The maximum Gasteiger partial charge on any atom is 0.418 e. The Kier molecular flexibility index (Phi) is 3.66. The molecule has 3 aromatic rings. The lowest BCUT2D eigenvalue weighted by atomic mass is 10.1. The summed E-state index contributed by atoms with van der Waals surface area (Å²) in [6.07, 6.45) is 1.07. The lowest BCUT2D eigenvalue weighted by molar-refractivity contribution is 0.0544. The van der Waals surface area contributed by atoms with Crippen molar-refractivity contribution < 1.29 is 19.1 Å². The number of hydrogen-bond acceptors (Lipinski definition) is 4. The lowest BCUT2D eigenvalue weighted by Crippen LogP contribution is -2.29. The molecule has 4 rings (SSSR count). The molecule has 0 aliphatic carbocycles. The van der Waals surface area contributed by atoms with Gasteiger partial charge >= 0.3 is 6.09 Å². The van der Waals surface area contributed by atoms with Gasteiger partial charge in [0, 0.05) is 11.6 Å². The Balaban J connectivity index is 1.80. The molecular weight excluding hydrogens is 344 g/mol. The summed E-state index contributed by atoms with van der Waals surface area (Å²) in [6, 6.07) is 13.6. The average Bonchev–Trinajstić information content (AvgIpc) is 3.14. The standard InChI is InChI=1S/C21H18N2O4/c1-21(2,3)27-20(26)22-12-11-15-16(22)9-6-10-17(15)23-18(24)13-7-4-5-8-14(13)19(23)25/h4-12H,1-3H3. The predicted molar refractivity (Wildman–Crippen MR) is 101 cm³/mol. The van der Waals surface area contributed by atoms with Gasteiger partial charge in [0.1, 0.15) is 5.60 Å². The Morgan fingerprint density at radius 2 is 1.52 bits per heavy atom. The van der Waals surface area contributed by atoms with Crippen LogP contribution in [0.25, 0.3) is 10.9 Å². The first kappa shape index (κ1) is 17.0. The maximum atomic E-state index is 12.8. The third-order valence-corrected chi connectivity index (χ3v) is 4.34. The van der Waals surface area contributed by atoms with Gasteiger partial charge in [-0.15, -0.1) is 0 Å². The third-order valence-electron chi connectivity index (χ3n) is 4.34. The van der Waals surface area contributed by atoms with Gasteiger partial charge in [-0.05, 0) is 51.1 Å².